The zero-order valence-electron chi connectivity index (χ0n) is 13.1. The zero-order valence-corrected chi connectivity index (χ0v) is 13.9. The van der Waals surface area contributed by atoms with Gasteiger partial charge in [0.05, 0.1) is 6.61 Å². The van der Waals surface area contributed by atoms with Gasteiger partial charge >= 0.3 is 0 Å². The van der Waals surface area contributed by atoms with Crippen LogP contribution in [0.15, 0.2) is 9.31 Å². The van der Waals surface area contributed by atoms with E-state index in [0.717, 1.165) is 0 Å². The van der Waals surface area contributed by atoms with Crippen molar-refractivity contribution >= 4 is 10.0 Å². The minimum atomic E-state index is -3.67. The molecule has 6 heteroatoms. The van der Waals surface area contributed by atoms with E-state index < -0.39 is 10.0 Å². The fourth-order valence-electron chi connectivity index (χ4n) is 1.86. The Morgan fingerprint density at radius 1 is 1.25 bits per heavy atom. The summed E-state index contributed by atoms with van der Waals surface area (Å²) in [5, 5.41) is 9.33. The minimum Gasteiger partial charge on any atom is -0.465 e. The van der Waals surface area contributed by atoms with Gasteiger partial charge in [0.25, 0.3) is 0 Å². The maximum absolute atomic E-state index is 12.4. The molecule has 1 aromatic rings. The van der Waals surface area contributed by atoms with Crippen LogP contribution in [0.5, 0.6) is 0 Å². The molecule has 116 valence electrons. The number of hydrogen-bond donors (Lipinski definition) is 2. The van der Waals surface area contributed by atoms with Gasteiger partial charge in [-0.05, 0) is 25.2 Å². The van der Waals surface area contributed by atoms with Crippen molar-refractivity contribution in [1.29, 1.82) is 0 Å². The summed E-state index contributed by atoms with van der Waals surface area (Å²) in [4.78, 5) is 0.0682. The maximum Gasteiger partial charge on any atom is 0.244 e. The Balaban J connectivity index is 3.01. The van der Waals surface area contributed by atoms with Gasteiger partial charge in [0.15, 0.2) is 0 Å². The van der Waals surface area contributed by atoms with E-state index in [1.807, 2.05) is 6.92 Å². The highest BCUT2D eigenvalue weighted by molar-refractivity contribution is 7.89. The van der Waals surface area contributed by atoms with Crippen LogP contribution in [0.25, 0.3) is 0 Å². The van der Waals surface area contributed by atoms with Crippen molar-refractivity contribution in [3.63, 3.8) is 0 Å². The predicted molar refractivity (Wildman–Crippen MR) is 77.9 cm³/mol. The summed E-state index contributed by atoms with van der Waals surface area (Å²) in [6, 6.07) is 0. The van der Waals surface area contributed by atoms with Crippen molar-refractivity contribution in [3.05, 3.63) is 17.1 Å². The highest BCUT2D eigenvalue weighted by atomic mass is 32.2. The highest BCUT2D eigenvalue weighted by Gasteiger charge is 2.28. The van der Waals surface area contributed by atoms with E-state index in [1.54, 1.807) is 13.8 Å². The molecular weight excluding hydrogens is 278 g/mol. The largest absolute Gasteiger partial charge is 0.465 e. The lowest BCUT2D eigenvalue weighted by Crippen LogP contribution is -2.34. The van der Waals surface area contributed by atoms with Crippen LogP contribution in [0.4, 0.5) is 0 Å². The number of sulfonamides is 1. The van der Waals surface area contributed by atoms with Crippen LogP contribution < -0.4 is 4.72 Å². The summed E-state index contributed by atoms with van der Waals surface area (Å²) in [7, 11) is -3.67. The normalized spacial score (nSPS) is 14.6. The van der Waals surface area contributed by atoms with Crippen LogP contribution in [0.2, 0.25) is 0 Å². The minimum absolute atomic E-state index is 0.0175. The van der Waals surface area contributed by atoms with Gasteiger partial charge in [-0.25, -0.2) is 13.1 Å². The van der Waals surface area contributed by atoms with Crippen molar-refractivity contribution < 1.29 is 17.9 Å². The average molecular weight is 303 g/mol. The summed E-state index contributed by atoms with van der Waals surface area (Å²) in [5.74, 6) is 0.930. The molecule has 0 spiro atoms. The van der Waals surface area contributed by atoms with Gasteiger partial charge < -0.3 is 9.52 Å². The second-order valence-electron chi connectivity index (χ2n) is 6.30. The monoisotopic (exact) mass is 303 g/mol. The lowest BCUT2D eigenvalue weighted by Gasteiger charge is -2.27. The van der Waals surface area contributed by atoms with Crippen LogP contribution in [0.3, 0.4) is 0 Å². The molecule has 0 fully saturated rings. The fourth-order valence-corrected chi connectivity index (χ4v) is 3.42. The van der Waals surface area contributed by atoms with E-state index in [4.69, 9.17) is 4.42 Å². The van der Waals surface area contributed by atoms with Gasteiger partial charge in [-0.1, -0.05) is 27.7 Å². The average Bonchev–Trinajstić information content (AvgIpc) is 2.59. The van der Waals surface area contributed by atoms with E-state index in [9.17, 15) is 13.5 Å². The van der Waals surface area contributed by atoms with Gasteiger partial charge in [-0.3, -0.25) is 0 Å². The van der Waals surface area contributed by atoms with E-state index in [0.29, 0.717) is 23.6 Å². The molecule has 2 N–H and O–H groups in total. The first kappa shape index (κ1) is 17.2. The van der Waals surface area contributed by atoms with Gasteiger partial charge in [-0.2, -0.15) is 0 Å². The first-order chi connectivity index (χ1) is 9.00. The smallest absolute Gasteiger partial charge is 0.244 e. The fraction of sp³-hybridized carbons (Fsp3) is 0.714. The molecule has 1 aromatic heterocycles. The first-order valence-corrected chi connectivity index (χ1v) is 8.18. The third-order valence-corrected chi connectivity index (χ3v) is 5.43. The third kappa shape index (κ3) is 3.62. The molecule has 1 rings (SSSR count). The molecule has 0 saturated carbocycles. The Kier molecular flexibility index (Phi) is 5.05. The molecule has 0 bridgehead atoms. The maximum atomic E-state index is 12.4. The van der Waals surface area contributed by atoms with Crippen molar-refractivity contribution in [1.82, 2.24) is 4.72 Å². The van der Waals surface area contributed by atoms with Crippen molar-refractivity contribution in [2.45, 2.75) is 53.0 Å². The van der Waals surface area contributed by atoms with E-state index in [1.165, 1.54) is 0 Å². The number of furan rings is 1. The molecule has 0 aliphatic rings. The molecule has 1 unspecified atom stereocenters. The Bertz CT molecular complexity index is 567. The van der Waals surface area contributed by atoms with Gasteiger partial charge in [0, 0.05) is 12.1 Å². The van der Waals surface area contributed by atoms with Crippen molar-refractivity contribution in [3.8, 4) is 0 Å². The summed E-state index contributed by atoms with van der Waals surface area (Å²) in [6.45, 7) is 11.4. The quantitative estimate of drug-likeness (QED) is 0.875. The number of aliphatic hydroxyl groups is 1. The lowest BCUT2D eigenvalue weighted by atomic mass is 9.82. The van der Waals surface area contributed by atoms with Gasteiger partial charge in [0.2, 0.25) is 10.0 Å². The molecule has 0 aliphatic heterocycles. The Morgan fingerprint density at radius 2 is 1.80 bits per heavy atom. The molecule has 1 heterocycles. The van der Waals surface area contributed by atoms with Crippen LogP contribution in [0, 0.1) is 25.2 Å². The SMILES string of the molecule is Cc1oc(C)c(S(=O)(=O)NCC(C)C(C)(C)C)c1CO. The van der Waals surface area contributed by atoms with Crippen LogP contribution >= 0.6 is 0 Å². The summed E-state index contributed by atoms with van der Waals surface area (Å²) in [6.07, 6.45) is 0. The lowest BCUT2D eigenvalue weighted by molar-refractivity contribution is 0.262. The zero-order chi connectivity index (χ0) is 15.7. The number of aryl methyl sites for hydroxylation is 2. The highest BCUT2D eigenvalue weighted by Crippen LogP contribution is 2.28. The van der Waals surface area contributed by atoms with Gasteiger partial charge in [0.1, 0.15) is 16.4 Å². The molecule has 0 aromatic carbocycles. The predicted octanol–water partition coefficient (Wildman–Crippen LogP) is 2.35. The number of aliphatic hydroxyl groups excluding tert-OH is 1. The van der Waals surface area contributed by atoms with Crippen molar-refractivity contribution in [2.75, 3.05) is 6.54 Å². The molecule has 0 amide bonds. The second-order valence-corrected chi connectivity index (χ2v) is 8.00. The molecular formula is C14H25NO4S. The summed E-state index contributed by atoms with van der Waals surface area (Å²) >= 11 is 0. The van der Waals surface area contributed by atoms with Crippen LogP contribution in [-0.4, -0.2) is 20.1 Å². The molecule has 20 heavy (non-hydrogen) atoms. The number of rotatable bonds is 5. The molecule has 1 atom stereocenters. The third-order valence-electron chi connectivity index (χ3n) is 3.81. The molecule has 0 saturated heterocycles. The van der Waals surface area contributed by atoms with E-state index in [2.05, 4.69) is 25.5 Å². The topological polar surface area (TPSA) is 79.5 Å². The van der Waals surface area contributed by atoms with Crippen molar-refractivity contribution in [2.24, 2.45) is 11.3 Å². The Labute approximate surface area is 121 Å². The first-order valence-electron chi connectivity index (χ1n) is 6.70. The van der Waals surface area contributed by atoms with Gasteiger partial charge in [-0.15, -0.1) is 0 Å². The van der Waals surface area contributed by atoms with Crippen LogP contribution in [0.1, 0.15) is 44.8 Å². The molecule has 0 aliphatic carbocycles. The summed E-state index contributed by atoms with van der Waals surface area (Å²) < 4.78 is 32.7. The van der Waals surface area contributed by atoms with E-state index in [-0.39, 0.29) is 22.8 Å². The van der Waals surface area contributed by atoms with E-state index >= 15 is 0 Å². The Morgan fingerprint density at radius 3 is 2.25 bits per heavy atom. The second kappa shape index (κ2) is 5.87. The number of nitrogens with one attached hydrogen (secondary N) is 1. The van der Waals surface area contributed by atoms with Crippen LogP contribution in [-0.2, 0) is 16.6 Å². The number of hydrogen-bond acceptors (Lipinski definition) is 4. The standard InChI is InChI=1S/C14H25NO4S/c1-9(14(4,5)6)7-15-20(17,18)13-11(3)19-10(2)12(13)8-16/h9,15-16H,7-8H2,1-6H3. The Hall–Kier alpha value is -0.850. The molecule has 0 radical (unpaired) electrons. The molecule has 5 nitrogen and oxygen atoms in total. The summed E-state index contributed by atoms with van der Waals surface area (Å²) in [5.41, 5.74) is 0.349.